The molecule has 0 saturated heterocycles. The second-order valence-electron chi connectivity index (χ2n) is 12.7. The Kier molecular flexibility index (Phi) is 34.0. The third-order valence-electron chi connectivity index (χ3n) is 8.55. The number of rotatable bonds is 34. The summed E-state index contributed by atoms with van der Waals surface area (Å²) in [6, 6.07) is 0. The van der Waals surface area contributed by atoms with Crippen LogP contribution in [0.5, 0.6) is 0 Å². The molecular formula is C36H75NO2. The molecule has 0 aromatic carbocycles. The predicted octanol–water partition coefficient (Wildman–Crippen LogP) is 11.7. The van der Waals surface area contributed by atoms with Gasteiger partial charge in [-0.2, -0.15) is 0 Å². The number of nitrogens with one attached hydrogen (secondary N) is 1. The zero-order chi connectivity index (χ0) is 28.5. The van der Waals surface area contributed by atoms with Crippen LogP contribution in [0.25, 0.3) is 0 Å². The molecule has 0 aliphatic carbocycles. The molecule has 39 heavy (non-hydrogen) atoms. The van der Waals surface area contributed by atoms with Crippen molar-refractivity contribution in [3.8, 4) is 0 Å². The Morgan fingerprint density at radius 3 is 0.692 bits per heavy atom. The molecule has 0 saturated carbocycles. The number of hydrogen-bond donors (Lipinski definition) is 3. The van der Waals surface area contributed by atoms with Gasteiger partial charge in [-0.15, -0.1) is 0 Å². The van der Waals surface area contributed by atoms with Crippen LogP contribution in [0, 0.1) is 0 Å². The summed E-state index contributed by atoms with van der Waals surface area (Å²) in [5.41, 5.74) is 0. The maximum absolute atomic E-state index is 10.2. The molecule has 3 heteroatoms. The van der Waals surface area contributed by atoms with Crippen LogP contribution in [0.3, 0.4) is 0 Å². The summed E-state index contributed by atoms with van der Waals surface area (Å²) in [6.07, 6.45) is 41.4. The summed E-state index contributed by atoms with van der Waals surface area (Å²) in [7, 11) is 0. The Morgan fingerprint density at radius 1 is 0.308 bits per heavy atom. The van der Waals surface area contributed by atoms with Crippen molar-refractivity contribution in [3.63, 3.8) is 0 Å². The highest BCUT2D eigenvalue weighted by Crippen LogP contribution is 2.16. The highest BCUT2D eigenvalue weighted by atomic mass is 16.3. The SMILES string of the molecule is CCCCCCCCCCCCCCCCCCCCCCCC(O)NC(O)CCCCCCCCCCC. The van der Waals surface area contributed by atoms with Crippen LogP contribution in [0.4, 0.5) is 0 Å². The van der Waals surface area contributed by atoms with Crippen LogP contribution in [0.15, 0.2) is 0 Å². The summed E-state index contributed by atoms with van der Waals surface area (Å²) >= 11 is 0. The standard InChI is InChI=1S/C36H75NO2/c1-3-5-7-9-11-13-14-15-16-17-18-19-20-21-22-23-24-26-28-30-32-34-36(39)37-35(38)33-31-29-27-25-12-10-8-6-4-2/h35-39H,3-34H2,1-2H3. The van der Waals surface area contributed by atoms with Crippen LogP contribution >= 0.6 is 0 Å². The zero-order valence-electron chi connectivity index (χ0n) is 27.2. The molecule has 3 nitrogen and oxygen atoms in total. The maximum atomic E-state index is 10.2. The van der Waals surface area contributed by atoms with E-state index in [1.54, 1.807) is 0 Å². The van der Waals surface area contributed by atoms with Gasteiger partial charge in [0.1, 0.15) is 12.5 Å². The van der Waals surface area contributed by atoms with Crippen LogP contribution in [-0.4, -0.2) is 22.7 Å². The molecule has 3 N–H and O–H groups in total. The van der Waals surface area contributed by atoms with Crippen LogP contribution in [-0.2, 0) is 0 Å². The highest BCUT2D eigenvalue weighted by Gasteiger charge is 2.09. The van der Waals surface area contributed by atoms with E-state index in [0.717, 1.165) is 25.7 Å². The topological polar surface area (TPSA) is 52.5 Å². The zero-order valence-corrected chi connectivity index (χ0v) is 27.2. The van der Waals surface area contributed by atoms with Crippen molar-refractivity contribution in [2.75, 3.05) is 0 Å². The Bertz CT molecular complexity index is 430. The number of unbranched alkanes of at least 4 members (excludes halogenated alkanes) is 28. The average molecular weight is 554 g/mol. The lowest BCUT2D eigenvalue weighted by Gasteiger charge is -2.18. The lowest BCUT2D eigenvalue weighted by atomic mass is 10.0. The largest absolute Gasteiger partial charge is 0.379 e. The lowest BCUT2D eigenvalue weighted by molar-refractivity contribution is 0.0310. The van der Waals surface area contributed by atoms with Gasteiger partial charge in [0.2, 0.25) is 0 Å². The molecule has 0 fully saturated rings. The summed E-state index contributed by atoms with van der Waals surface area (Å²) < 4.78 is 0. The molecule has 0 aromatic rings. The van der Waals surface area contributed by atoms with Crippen molar-refractivity contribution in [1.29, 1.82) is 0 Å². The first-order chi connectivity index (χ1) is 19.2. The van der Waals surface area contributed by atoms with Crippen molar-refractivity contribution in [1.82, 2.24) is 5.32 Å². The van der Waals surface area contributed by atoms with Gasteiger partial charge in [-0.3, -0.25) is 5.32 Å². The van der Waals surface area contributed by atoms with Gasteiger partial charge in [0.15, 0.2) is 0 Å². The fraction of sp³-hybridized carbons (Fsp3) is 1.00. The molecule has 236 valence electrons. The molecule has 0 heterocycles. The number of hydrogen-bond acceptors (Lipinski definition) is 3. The Morgan fingerprint density at radius 2 is 0.487 bits per heavy atom. The summed E-state index contributed by atoms with van der Waals surface area (Å²) in [4.78, 5) is 0. The van der Waals surface area contributed by atoms with Crippen molar-refractivity contribution >= 4 is 0 Å². The van der Waals surface area contributed by atoms with E-state index in [1.165, 1.54) is 180 Å². The normalized spacial score (nSPS) is 13.2. The fourth-order valence-electron chi connectivity index (χ4n) is 5.81. The minimum absolute atomic E-state index is 0.556. The Labute approximate surface area is 247 Å². The molecular weight excluding hydrogens is 478 g/mol. The molecule has 0 bridgehead atoms. The molecule has 0 amide bonds. The van der Waals surface area contributed by atoms with E-state index in [2.05, 4.69) is 19.2 Å². The van der Waals surface area contributed by atoms with Crippen LogP contribution < -0.4 is 5.32 Å². The molecule has 0 aliphatic rings. The van der Waals surface area contributed by atoms with E-state index in [0.29, 0.717) is 0 Å². The van der Waals surface area contributed by atoms with E-state index in [9.17, 15) is 10.2 Å². The summed E-state index contributed by atoms with van der Waals surface area (Å²) in [5, 5.41) is 23.2. The third kappa shape index (κ3) is 34.0. The first kappa shape index (κ1) is 38.9. The van der Waals surface area contributed by atoms with Gasteiger partial charge in [0, 0.05) is 0 Å². The van der Waals surface area contributed by atoms with Crippen molar-refractivity contribution in [3.05, 3.63) is 0 Å². The molecule has 2 unspecified atom stereocenters. The van der Waals surface area contributed by atoms with Gasteiger partial charge in [-0.05, 0) is 25.7 Å². The second-order valence-corrected chi connectivity index (χ2v) is 12.7. The minimum atomic E-state index is -0.557. The molecule has 2 atom stereocenters. The van der Waals surface area contributed by atoms with E-state index < -0.39 is 12.5 Å². The quantitative estimate of drug-likeness (QED) is 0.0548. The summed E-state index contributed by atoms with van der Waals surface area (Å²) in [6.45, 7) is 4.56. The van der Waals surface area contributed by atoms with Crippen molar-refractivity contribution in [2.24, 2.45) is 0 Å². The average Bonchev–Trinajstić information content (AvgIpc) is 2.93. The van der Waals surface area contributed by atoms with Gasteiger partial charge in [0.25, 0.3) is 0 Å². The first-order valence-electron chi connectivity index (χ1n) is 18.3. The van der Waals surface area contributed by atoms with E-state index >= 15 is 0 Å². The van der Waals surface area contributed by atoms with E-state index in [-0.39, 0.29) is 0 Å². The maximum Gasteiger partial charge on any atom is 0.106 e. The Hall–Kier alpha value is -0.120. The van der Waals surface area contributed by atoms with Gasteiger partial charge < -0.3 is 10.2 Å². The van der Waals surface area contributed by atoms with E-state index in [1.807, 2.05) is 0 Å². The van der Waals surface area contributed by atoms with Crippen molar-refractivity contribution < 1.29 is 10.2 Å². The smallest absolute Gasteiger partial charge is 0.106 e. The monoisotopic (exact) mass is 554 g/mol. The fourth-order valence-corrected chi connectivity index (χ4v) is 5.81. The van der Waals surface area contributed by atoms with Crippen molar-refractivity contribution in [2.45, 2.75) is 232 Å². The molecule has 0 aliphatic heterocycles. The second kappa shape index (κ2) is 34.1. The van der Waals surface area contributed by atoms with Gasteiger partial charge in [0.05, 0.1) is 0 Å². The predicted molar refractivity (Wildman–Crippen MR) is 174 cm³/mol. The highest BCUT2D eigenvalue weighted by molar-refractivity contribution is 4.60. The first-order valence-corrected chi connectivity index (χ1v) is 18.3. The summed E-state index contributed by atoms with van der Waals surface area (Å²) in [5.74, 6) is 0. The number of aliphatic hydroxyl groups is 2. The molecule has 0 radical (unpaired) electrons. The van der Waals surface area contributed by atoms with Crippen LogP contribution in [0.2, 0.25) is 0 Å². The van der Waals surface area contributed by atoms with Gasteiger partial charge in [-0.25, -0.2) is 0 Å². The van der Waals surface area contributed by atoms with Gasteiger partial charge in [-0.1, -0.05) is 194 Å². The number of aliphatic hydroxyl groups excluding tert-OH is 2. The minimum Gasteiger partial charge on any atom is -0.379 e. The Balaban J connectivity index is 3.22. The van der Waals surface area contributed by atoms with Gasteiger partial charge >= 0.3 is 0 Å². The van der Waals surface area contributed by atoms with E-state index in [4.69, 9.17) is 0 Å². The molecule has 0 aromatic heterocycles. The third-order valence-corrected chi connectivity index (χ3v) is 8.55. The molecule has 0 spiro atoms. The molecule has 0 rings (SSSR count). The lowest BCUT2D eigenvalue weighted by Crippen LogP contribution is -2.38. The van der Waals surface area contributed by atoms with Crippen LogP contribution in [0.1, 0.15) is 219 Å².